The average molecular weight is 429 g/mol. The fourth-order valence-electron chi connectivity index (χ4n) is 4.03. The number of rotatable bonds is 7. The van der Waals surface area contributed by atoms with Crippen molar-refractivity contribution < 1.29 is 0 Å². The first-order valence-electron chi connectivity index (χ1n) is 11.1. The van der Waals surface area contributed by atoms with Gasteiger partial charge in [0.2, 0.25) is 0 Å². The van der Waals surface area contributed by atoms with Gasteiger partial charge in [-0.3, -0.25) is 0 Å². The number of allylic oxidation sites excluding steroid dienone is 5. The average Bonchev–Trinajstić information content (AvgIpc) is 2.86. The molecule has 162 valence electrons. The van der Waals surface area contributed by atoms with E-state index in [1.165, 1.54) is 0 Å². The number of hydrogen-bond donors (Lipinski definition) is 1. The predicted octanol–water partition coefficient (Wildman–Crippen LogP) is 8.55. The number of para-hydroxylation sites is 2. The van der Waals surface area contributed by atoms with E-state index < -0.39 is 0 Å². The molecule has 4 aromatic rings. The van der Waals surface area contributed by atoms with Gasteiger partial charge in [-0.15, -0.1) is 0 Å². The molecule has 0 amide bonds. The Morgan fingerprint density at radius 3 is 2.12 bits per heavy atom. The van der Waals surface area contributed by atoms with E-state index in [4.69, 9.17) is 5.73 Å². The maximum Gasteiger partial charge on any atom is 0.0618 e. The molecule has 0 aliphatic heterocycles. The Labute approximate surface area is 196 Å². The van der Waals surface area contributed by atoms with Crippen LogP contribution in [0.25, 0.3) is 16.7 Å². The van der Waals surface area contributed by atoms with Crippen LogP contribution in [0, 0.1) is 0 Å². The number of nitrogens with two attached hydrogens (primary N) is 1. The Balaban J connectivity index is 2.08. The molecule has 0 heterocycles. The van der Waals surface area contributed by atoms with Crippen molar-refractivity contribution in [2.75, 3.05) is 10.6 Å². The largest absolute Gasteiger partial charge is 0.399 e. The maximum absolute atomic E-state index is 6.23. The summed E-state index contributed by atoms with van der Waals surface area (Å²) >= 11 is 0. The molecule has 0 atom stereocenters. The van der Waals surface area contributed by atoms with E-state index in [2.05, 4.69) is 103 Å². The second-order valence-corrected chi connectivity index (χ2v) is 7.67. The van der Waals surface area contributed by atoms with Crippen molar-refractivity contribution in [3.8, 4) is 11.1 Å². The number of hydrogen-bond acceptors (Lipinski definition) is 2. The van der Waals surface area contributed by atoms with Gasteiger partial charge in [0.05, 0.1) is 5.69 Å². The first kappa shape index (κ1) is 21.9. The lowest BCUT2D eigenvalue weighted by Gasteiger charge is -2.30. The summed E-state index contributed by atoms with van der Waals surface area (Å²) in [5.74, 6) is 0. The smallest absolute Gasteiger partial charge is 0.0618 e. The molecule has 0 bridgehead atoms. The lowest BCUT2D eigenvalue weighted by molar-refractivity contribution is 1.27. The quantitative estimate of drug-likeness (QED) is 0.236. The van der Waals surface area contributed by atoms with Crippen molar-refractivity contribution in [3.05, 3.63) is 140 Å². The Bertz CT molecular complexity index is 1290. The standard InChI is InChI=1S/C31H28N2/c1-3-5-14-24(4-2)29-21-13-22-30(25-15-8-6-9-16-25)31(29)33(27-18-10-7-11-19-27)28-20-12-17-26(32)23-28/h3-23H,1,32H2,2H3/b14-5-,24-4+. The summed E-state index contributed by atoms with van der Waals surface area (Å²) in [5, 5.41) is 0. The molecule has 2 N–H and O–H groups in total. The lowest BCUT2D eigenvalue weighted by atomic mass is 9.93. The molecule has 2 heteroatoms. The Kier molecular flexibility index (Phi) is 6.87. The van der Waals surface area contributed by atoms with Crippen molar-refractivity contribution in [1.82, 2.24) is 0 Å². The van der Waals surface area contributed by atoms with Crippen LogP contribution in [0.1, 0.15) is 12.5 Å². The number of nitrogens with zero attached hydrogens (tertiary/aromatic N) is 1. The highest BCUT2D eigenvalue weighted by Crippen LogP contribution is 2.45. The van der Waals surface area contributed by atoms with Gasteiger partial charge in [0.15, 0.2) is 0 Å². The Morgan fingerprint density at radius 1 is 0.788 bits per heavy atom. The molecule has 0 radical (unpaired) electrons. The van der Waals surface area contributed by atoms with Crippen LogP contribution in [-0.2, 0) is 0 Å². The molecule has 0 spiro atoms. The summed E-state index contributed by atoms with van der Waals surface area (Å²) < 4.78 is 0. The number of anilines is 4. The Hall–Kier alpha value is -4.30. The van der Waals surface area contributed by atoms with Gasteiger partial charge in [-0.05, 0) is 48.4 Å². The van der Waals surface area contributed by atoms with E-state index in [1.807, 2.05) is 36.4 Å². The van der Waals surface area contributed by atoms with Crippen molar-refractivity contribution in [1.29, 1.82) is 0 Å². The second kappa shape index (κ2) is 10.3. The molecular formula is C31H28N2. The van der Waals surface area contributed by atoms with Gasteiger partial charge in [-0.25, -0.2) is 0 Å². The van der Waals surface area contributed by atoms with E-state index in [-0.39, 0.29) is 0 Å². The van der Waals surface area contributed by atoms with Crippen LogP contribution in [0.3, 0.4) is 0 Å². The summed E-state index contributed by atoms with van der Waals surface area (Å²) in [5.41, 5.74) is 14.7. The minimum Gasteiger partial charge on any atom is -0.399 e. The van der Waals surface area contributed by atoms with Gasteiger partial charge in [0.1, 0.15) is 0 Å². The fraction of sp³-hybridized carbons (Fsp3) is 0.0323. The highest BCUT2D eigenvalue weighted by Gasteiger charge is 2.21. The summed E-state index contributed by atoms with van der Waals surface area (Å²) in [6, 6.07) is 35.4. The van der Waals surface area contributed by atoms with Crippen LogP contribution < -0.4 is 10.6 Å². The van der Waals surface area contributed by atoms with E-state index in [0.29, 0.717) is 0 Å². The summed E-state index contributed by atoms with van der Waals surface area (Å²) in [7, 11) is 0. The third-order valence-corrected chi connectivity index (χ3v) is 5.52. The van der Waals surface area contributed by atoms with Crippen molar-refractivity contribution in [2.45, 2.75) is 6.92 Å². The van der Waals surface area contributed by atoms with Gasteiger partial charge in [0.25, 0.3) is 0 Å². The molecular weight excluding hydrogens is 400 g/mol. The van der Waals surface area contributed by atoms with Gasteiger partial charge < -0.3 is 10.6 Å². The Morgan fingerprint density at radius 2 is 1.45 bits per heavy atom. The van der Waals surface area contributed by atoms with Gasteiger partial charge >= 0.3 is 0 Å². The zero-order valence-corrected chi connectivity index (χ0v) is 18.9. The van der Waals surface area contributed by atoms with Crippen LogP contribution in [0.15, 0.2) is 134 Å². The molecule has 4 rings (SSSR count). The molecule has 0 saturated heterocycles. The minimum absolute atomic E-state index is 0.727. The highest BCUT2D eigenvalue weighted by molar-refractivity contribution is 5.97. The van der Waals surface area contributed by atoms with E-state index in [0.717, 1.165) is 45.0 Å². The van der Waals surface area contributed by atoms with E-state index >= 15 is 0 Å². The van der Waals surface area contributed by atoms with E-state index in [9.17, 15) is 0 Å². The molecule has 0 fully saturated rings. The van der Waals surface area contributed by atoms with Gasteiger partial charge in [-0.1, -0.05) is 104 Å². The zero-order chi connectivity index (χ0) is 23.0. The summed E-state index contributed by atoms with van der Waals surface area (Å²) in [6.45, 7) is 5.91. The molecule has 33 heavy (non-hydrogen) atoms. The van der Waals surface area contributed by atoms with Crippen molar-refractivity contribution >= 4 is 28.3 Å². The summed E-state index contributed by atoms with van der Waals surface area (Å²) in [4.78, 5) is 2.29. The molecule has 0 aromatic heterocycles. The maximum atomic E-state index is 6.23. The van der Waals surface area contributed by atoms with Crippen LogP contribution >= 0.6 is 0 Å². The van der Waals surface area contributed by atoms with Crippen molar-refractivity contribution in [3.63, 3.8) is 0 Å². The van der Waals surface area contributed by atoms with Crippen LogP contribution in [0.5, 0.6) is 0 Å². The molecule has 0 saturated carbocycles. The highest BCUT2D eigenvalue weighted by atomic mass is 15.1. The molecule has 0 unspecified atom stereocenters. The number of benzene rings is 4. The fourth-order valence-corrected chi connectivity index (χ4v) is 4.03. The first-order chi connectivity index (χ1) is 16.2. The van der Waals surface area contributed by atoms with Crippen LogP contribution in [0.2, 0.25) is 0 Å². The van der Waals surface area contributed by atoms with Crippen LogP contribution in [-0.4, -0.2) is 0 Å². The molecule has 0 aliphatic rings. The minimum atomic E-state index is 0.727. The normalized spacial score (nSPS) is 11.5. The molecule has 2 nitrogen and oxygen atoms in total. The topological polar surface area (TPSA) is 29.3 Å². The summed E-state index contributed by atoms with van der Waals surface area (Å²) in [6.07, 6.45) is 8.01. The lowest BCUT2D eigenvalue weighted by Crippen LogP contribution is -2.13. The predicted molar refractivity (Wildman–Crippen MR) is 144 cm³/mol. The first-order valence-corrected chi connectivity index (χ1v) is 11.1. The second-order valence-electron chi connectivity index (χ2n) is 7.67. The molecule has 4 aromatic carbocycles. The number of nitrogen functional groups attached to an aromatic ring is 1. The SMILES string of the molecule is C=C/C=C\C(=C/C)c1cccc(-c2ccccc2)c1N(c1ccccc1)c1cccc(N)c1. The van der Waals surface area contributed by atoms with Crippen molar-refractivity contribution in [2.24, 2.45) is 0 Å². The molecule has 0 aliphatic carbocycles. The van der Waals surface area contributed by atoms with Crippen LogP contribution in [0.4, 0.5) is 22.7 Å². The third kappa shape index (κ3) is 4.81. The van der Waals surface area contributed by atoms with E-state index in [1.54, 1.807) is 6.08 Å². The van der Waals surface area contributed by atoms with Gasteiger partial charge in [0, 0.05) is 28.2 Å². The third-order valence-electron chi connectivity index (χ3n) is 5.52. The van der Waals surface area contributed by atoms with Gasteiger partial charge in [-0.2, -0.15) is 0 Å². The monoisotopic (exact) mass is 428 g/mol. The zero-order valence-electron chi connectivity index (χ0n) is 18.9.